The minimum absolute atomic E-state index is 0.260. The van der Waals surface area contributed by atoms with Gasteiger partial charge in [-0.15, -0.1) is 0 Å². The monoisotopic (exact) mass is 361 g/mol. The highest BCUT2D eigenvalue weighted by Crippen LogP contribution is 2.12. The van der Waals surface area contributed by atoms with Gasteiger partial charge in [-0.3, -0.25) is 9.69 Å². The lowest BCUT2D eigenvalue weighted by Gasteiger charge is -2.22. The standard InChI is InChI=1S/C23H27N3O/c1-19-3-5-20(6-4-19)11-12-23(27)26-14-2-13-25(15-16-26)18-22-9-7-21(17-24)8-10-22/h3-10H,2,11-16,18H2,1H3. The highest BCUT2D eigenvalue weighted by atomic mass is 16.2. The highest BCUT2D eigenvalue weighted by molar-refractivity contribution is 5.76. The lowest BCUT2D eigenvalue weighted by molar-refractivity contribution is -0.131. The second kappa shape index (κ2) is 9.34. The molecule has 0 saturated carbocycles. The molecular weight excluding hydrogens is 334 g/mol. The van der Waals surface area contributed by atoms with Crippen LogP contribution >= 0.6 is 0 Å². The molecule has 1 aliphatic heterocycles. The van der Waals surface area contributed by atoms with Gasteiger partial charge in [-0.2, -0.15) is 5.26 Å². The van der Waals surface area contributed by atoms with Crippen molar-refractivity contribution in [2.75, 3.05) is 26.2 Å². The molecule has 3 rings (SSSR count). The summed E-state index contributed by atoms with van der Waals surface area (Å²) in [5.74, 6) is 0.260. The molecule has 0 aliphatic carbocycles. The number of hydrogen-bond acceptors (Lipinski definition) is 3. The number of rotatable bonds is 5. The molecule has 0 bridgehead atoms. The Balaban J connectivity index is 1.47. The van der Waals surface area contributed by atoms with Crippen LogP contribution in [0.5, 0.6) is 0 Å². The van der Waals surface area contributed by atoms with E-state index in [-0.39, 0.29) is 5.91 Å². The molecular formula is C23H27N3O. The minimum Gasteiger partial charge on any atom is -0.341 e. The topological polar surface area (TPSA) is 47.3 Å². The van der Waals surface area contributed by atoms with Crippen molar-refractivity contribution in [1.29, 1.82) is 5.26 Å². The molecule has 27 heavy (non-hydrogen) atoms. The Hall–Kier alpha value is -2.64. The highest BCUT2D eigenvalue weighted by Gasteiger charge is 2.19. The minimum atomic E-state index is 0.260. The second-order valence-corrected chi connectivity index (χ2v) is 7.30. The molecule has 0 radical (unpaired) electrons. The quantitative estimate of drug-likeness (QED) is 0.818. The van der Waals surface area contributed by atoms with Crippen molar-refractivity contribution in [1.82, 2.24) is 9.80 Å². The summed E-state index contributed by atoms with van der Waals surface area (Å²) in [4.78, 5) is 17.0. The number of amides is 1. The molecule has 1 heterocycles. The van der Waals surface area contributed by atoms with Crippen LogP contribution in [0.1, 0.15) is 35.1 Å². The fraction of sp³-hybridized carbons (Fsp3) is 0.391. The van der Waals surface area contributed by atoms with Gasteiger partial charge < -0.3 is 4.90 Å². The molecule has 2 aromatic rings. The van der Waals surface area contributed by atoms with Crippen molar-refractivity contribution < 1.29 is 4.79 Å². The molecule has 0 spiro atoms. The summed E-state index contributed by atoms with van der Waals surface area (Å²) in [6.07, 6.45) is 2.40. The van der Waals surface area contributed by atoms with Crippen LogP contribution in [0, 0.1) is 18.3 Å². The summed E-state index contributed by atoms with van der Waals surface area (Å²) in [5, 5.41) is 8.90. The maximum Gasteiger partial charge on any atom is 0.222 e. The van der Waals surface area contributed by atoms with Crippen LogP contribution in [0.2, 0.25) is 0 Å². The summed E-state index contributed by atoms with van der Waals surface area (Å²) >= 11 is 0. The van der Waals surface area contributed by atoms with E-state index in [1.165, 1.54) is 16.7 Å². The van der Waals surface area contributed by atoms with E-state index in [1.807, 2.05) is 29.2 Å². The molecule has 0 atom stereocenters. The predicted molar refractivity (Wildman–Crippen MR) is 107 cm³/mol. The third-order valence-corrected chi connectivity index (χ3v) is 5.18. The van der Waals surface area contributed by atoms with E-state index in [0.717, 1.165) is 45.6 Å². The van der Waals surface area contributed by atoms with Gasteiger partial charge in [0.15, 0.2) is 0 Å². The lowest BCUT2D eigenvalue weighted by Crippen LogP contribution is -2.35. The van der Waals surface area contributed by atoms with Crippen LogP contribution in [0.3, 0.4) is 0 Å². The molecule has 1 saturated heterocycles. The van der Waals surface area contributed by atoms with Gasteiger partial charge in [0, 0.05) is 39.1 Å². The van der Waals surface area contributed by atoms with Crippen LogP contribution < -0.4 is 0 Å². The van der Waals surface area contributed by atoms with Crippen LogP contribution in [-0.4, -0.2) is 41.9 Å². The molecule has 140 valence electrons. The maximum atomic E-state index is 12.6. The molecule has 0 aromatic heterocycles. The first kappa shape index (κ1) is 19.1. The summed E-state index contributed by atoms with van der Waals surface area (Å²) in [6.45, 7) is 6.49. The van der Waals surface area contributed by atoms with Crippen LogP contribution in [0.4, 0.5) is 0 Å². The zero-order valence-electron chi connectivity index (χ0n) is 16.0. The van der Waals surface area contributed by atoms with E-state index >= 15 is 0 Å². The molecule has 4 heteroatoms. The first-order chi connectivity index (χ1) is 13.1. The van der Waals surface area contributed by atoms with Gasteiger partial charge in [-0.25, -0.2) is 0 Å². The number of carbonyl (C=O) groups excluding carboxylic acids is 1. The van der Waals surface area contributed by atoms with E-state index in [4.69, 9.17) is 5.26 Å². The van der Waals surface area contributed by atoms with E-state index < -0.39 is 0 Å². The second-order valence-electron chi connectivity index (χ2n) is 7.30. The molecule has 0 unspecified atom stereocenters. The van der Waals surface area contributed by atoms with Crippen LogP contribution in [0.25, 0.3) is 0 Å². The summed E-state index contributed by atoms with van der Waals surface area (Å²) < 4.78 is 0. The number of hydrogen-bond donors (Lipinski definition) is 0. The Morgan fingerprint density at radius 3 is 2.37 bits per heavy atom. The Kier molecular flexibility index (Phi) is 6.62. The third-order valence-electron chi connectivity index (χ3n) is 5.18. The van der Waals surface area contributed by atoms with Gasteiger partial charge in [0.2, 0.25) is 5.91 Å². The number of nitriles is 1. The Morgan fingerprint density at radius 1 is 0.963 bits per heavy atom. The van der Waals surface area contributed by atoms with Crippen LogP contribution in [-0.2, 0) is 17.8 Å². The Labute approximate surface area is 162 Å². The average Bonchev–Trinajstić information content (AvgIpc) is 2.93. The normalized spacial score (nSPS) is 15.2. The first-order valence-corrected chi connectivity index (χ1v) is 9.69. The van der Waals surface area contributed by atoms with Gasteiger partial charge >= 0.3 is 0 Å². The molecule has 0 N–H and O–H groups in total. The van der Waals surface area contributed by atoms with Crippen molar-refractivity contribution >= 4 is 5.91 Å². The smallest absolute Gasteiger partial charge is 0.222 e. The fourth-order valence-corrected chi connectivity index (χ4v) is 3.49. The number of carbonyl (C=O) groups is 1. The lowest BCUT2D eigenvalue weighted by atomic mass is 10.1. The van der Waals surface area contributed by atoms with Gasteiger partial charge in [-0.1, -0.05) is 42.0 Å². The number of benzene rings is 2. The third kappa shape index (κ3) is 5.67. The van der Waals surface area contributed by atoms with Crippen molar-refractivity contribution in [2.45, 2.75) is 32.7 Å². The van der Waals surface area contributed by atoms with Gasteiger partial charge in [0.05, 0.1) is 11.6 Å². The van der Waals surface area contributed by atoms with E-state index in [1.54, 1.807) is 0 Å². The summed E-state index contributed by atoms with van der Waals surface area (Å²) in [7, 11) is 0. The molecule has 1 aliphatic rings. The average molecular weight is 361 g/mol. The van der Waals surface area contributed by atoms with Crippen molar-refractivity contribution in [2.24, 2.45) is 0 Å². The van der Waals surface area contributed by atoms with Gasteiger partial charge in [0.25, 0.3) is 0 Å². The summed E-state index contributed by atoms with van der Waals surface area (Å²) in [5.41, 5.74) is 4.39. The van der Waals surface area contributed by atoms with Crippen LogP contribution in [0.15, 0.2) is 48.5 Å². The number of nitrogens with zero attached hydrogens (tertiary/aromatic N) is 3. The molecule has 2 aromatic carbocycles. The first-order valence-electron chi connectivity index (χ1n) is 9.69. The number of aryl methyl sites for hydroxylation is 2. The molecule has 1 fully saturated rings. The van der Waals surface area contributed by atoms with Crippen molar-refractivity contribution in [3.8, 4) is 6.07 Å². The van der Waals surface area contributed by atoms with Gasteiger partial charge in [0.1, 0.15) is 0 Å². The van der Waals surface area contributed by atoms with E-state index in [9.17, 15) is 4.79 Å². The van der Waals surface area contributed by atoms with Crippen molar-refractivity contribution in [3.05, 3.63) is 70.8 Å². The fourth-order valence-electron chi connectivity index (χ4n) is 3.49. The Bertz CT molecular complexity index is 790. The predicted octanol–water partition coefficient (Wildman–Crippen LogP) is 3.53. The van der Waals surface area contributed by atoms with E-state index in [2.05, 4.69) is 42.2 Å². The summed E-state index contributed by atoms with van der Waals surface area (Å²) in [6, 6.07) is 18.4. The van der Waals surface area contributed by atoms with Gasteiger partial charge in [-0.05, 0) is 43.0 Å². The molecule has 4 nitrogen and oxygen atoms in total. The zero-order chi connectivity index (χ0) is 19.1. The zero-order valence-corrected chi connectivity index (χ0v) is 16.0. The maximum absolute atomic E-state index is 12.6. The largest absolute Gasteiger partial charge is 0.341 e. The van der Waals surface area contributed by atoms with Crippen molar-refractivity contribution in [3.63, 3.8) is 0 Å². The SMILES string of the molecule is Cc1ccc(CCC(=O)N2CCCN(Cc3ccc(C#N)cc3)CC2)cc1. The Morgan fingerprint density at radius 2 is 1.67 bits per heavy atom. The van der Waals surface area contributed by atoms with E-state index in [0.29, 0.717) is 12.0 Å². The molecule has 1 amide bonds.